The number of rotatable bonds is 33. The molecule has 46 heavy (non-hydrogen) atoms. The minimum Gasteiger partial charge on any atom is -0.411 e. The summed E-state index contributed by atoms with van der Waals surface area (Å²) in [6.45, 7) is 6.03. The Labute approximate surface area is 285 Å². The van der Waals surface area contributed by atoms with E-state index in [-0.39, 0.29) is 5.91 Å². The van der Waals surface area contributed by atoms with Crippen LogP contribution in [0.25, 0.3) is 0 Å². The number of unbranched alkanes of at least 4 members (excludes halogenated alkanes) is 26. The Kier molecular flexibility index (Phi) is 28.8. The summed E-state index contributed by atoms with van der Waals surface area (Å²) in [5.41, 5.74) is 5.84. The molecule has 1 aromatic rings. The number of hydrogen-bond donors (Lipinski definition) is 2. The van der Waals surface area contributed by atoms with Crippen LogP contribution in [-0.2, 0) is 17.6 Å². The van der Waals surface area contributed by atoms with Gasteiger partial charge in [0.15, 0.2) is 5.75 Å². The van der Waals surface area contributed by atoms with Gasteiger partial charge in [0.25, 0.3) is 0 Å². The Morgan fingerprint density at radius 3 is 1.28 bits per heavy atom. The van der Waals surface area contributed by atoms with Gasteiger partial charge in [-0.25, -0.2) is 0 Å². The van der Waals surface area contributed by atoms with Gasteiger partial charge in [-0.1, -0.05) is 186 Å². The minimum absolute atomic E-state index is 0.211. The number of amides is 1. The Bertz CT molecular complexity index is 870. The van der Waals surface area contributed by atoms with Crippen molar-refractivity contribution in [1.29, 1.82) is 0 Å². The average molecular weight is 643 g/mol. The SMILES string of the molecule is CCCCCCCCCCCCCCCCc1c(/C=N/O)ccc(ONC(C)=O)c1CCCCCCCCCCCCCCCC. The fourth-order valence-corrected chi connectivity index (χ4v) is 6.66. The lowest BCUT2D eigenvalue weighted by Crippen LogP contribution is -2.24. The maximum atomic E-state index is 11.6. The van der Waals surface area contributed by atoms with E-state index in [2.05, 4.69) is 24.5 Å². The van der Waals surface area contributed by atoms with Crippen LogP contribution in [0, 0.1) is 0 Å². The molecule has 0 aliphatic heterocycles. The number of hydrogen-bond acceptors (Lipinski definition) is 4. The highest BCUT2D eigenvalue weighted by molar-refractivity contribution is 5.82. The standard InChI is InChI=1S/C41H74N2O3/c1-4-6-8-10-12-14-16-18-20-22-24-26-28-30-32-39-38(36-42-45)34-35-41(46-43-37(3)44)40(39)33-31-29-27-25-23-21-19-17-15-13-11-9-7-5-2/h34-36,45H,4-33H2,1-3H3,(H,43,44)/b42-36+. The van der Waals surface area contributed by atoms with Gasteiger partial charge < -0.3 is 10.0 Å². The van der Waals surface area contributed by atoms with Crippen LogP contribution in [0.1, 0.15) is 217 Å². The van der Waals surface area contributed by atoms with Crippen LogP contribution < -0.4 is 10.3 Å². The molecule has 0 heterocycles. The first-order valence-electron chi connectivity index (χ1n) is 19.9. The van der Waals surface area contributed by atoms with Gasteiger partial charge in [-0.15, -0.1) is 0 Å². The minimum atomic E-state index is -0.211. The predicted octanol–water partition coefficient (Wildman–Crippen LogP) is 13.0. The van der Waals surface area contributed by atoms with Crippen molar-refractivity contribution >= 4 is 12.1 Å². The summed E-state index contributed by atoms with van der Waals surface area (Å²) in [5, 5.41) is 12.7. The molecule has 0 aliphatic rings. The van der Waals surface area contributed by atoms with Crippen LogP contribution in [0.2, 0.25) is 0 Å². The number of oxime groups is 1. The van der Waals surface area contributed by atoms with Crippen molar-refractivity contribution in [3.05, 3.63) is 28.8 Å². The Hall–Kier alpha value is -2.04. The lowest BCUT2D eigenvalue weighted by Gasteiger charge is -2.18. The average Bonchev–Trinajstić information content (AvgIpc) is 3.05. The first-order chi connectivity index (χ1) is 22.6. The Balaban J connectivity index is 2.43. The molecule has 0 spiro atoms. The van der Waals surface area contributed by atoms with Crippen LogP contribution in [0.5, 0.6) is 5.75 Å². The van der Waals surface area contributed by atoms with E-state index in [1.54, 1.807) is 6.21 Å². The van der Waals surface area contributed by atoms with E-state index in [1.807, 2.05) is 12.1 Å². The lowest BCUT2D eigenvalue weighted by molar-refractivity contribution is -0.125. The first kappa shape index (κ1) is 42.0. The molecule has 0 aromatic heterocycles. The summed E-state index contributed by atoms with van der Waals surface area (Å²) < 4.78 is 0. The van der Waals surface area contributed by atoms with Crippen LogP contribution in [0.4, 0.5) is 0 Å². The highest BCUT2D eigenvalue weighted by Gasteiger charge is 2.15. The molecule has 5 heteroatoms. The maximum Gasteiger partial charge on any atom is 0.249 e. The summed E-state index contributed by atoms with van der Waals surface area (Å²) >= 11 is 0. The number of nitrogens with one attached hydrogen (secondary N) is 1. The molecule has 2 N–H and O–H groups in total. The zero-order valence-electron chi connectivity index (χ0n) is 30.7. The van der Waals surface area contributed by atoms with Crippen LogP contribution in [-0.4, -0.2) is 17.3 Å². The molecule has 5 nitrogen and oxygen atoms in total. The smallest absolute Gasteiger partial charge is 0.249 e. The lowest BCUT2D eigenvalue weighted by atomic mass is 9.91. The van der Waals surface area contributed by atoms with Crippen molar-refractivity contribution in [3.8, 4) is 5.75 Å². The van der Waals surface area contributed by atoms with E-state index < -0.39 is 0 Å². The van der Waals surface area contributed by atoms with Crippen LogP contribution in [0.15, 0.2) is 17.3 Å². The molecule has 0 bridgehead atoms. The molecular weight excluding hydrogens is 568 g/mol. The van der Waals surface area contributed by atoms with Gasteiger partial charge >= 0.3 is 0 Å². The summed E-state index contributed by atoms with van der Waals surface area (Å²) in [4.78, 5) is 17.4. The zero-order chi connectivity index (χ0) is 33.3. The Morgan fingerprint density at radius 2 is 0.935 bits per heavy atom. The second-order valence-corrected chi connectivity index (χ2v) is 13.8. The number of carbonyl (C=O) groups excluding carboxylic acids is 1. The molecule has 0 atom stereocenters. The maximum absolute atomic E-state index is 11.6. The monoisotopic (exact) mass is 643 g/mol. The van der Waals surface area contributed by atoms with Gasteiger partial charge in [-0.3, -0.25) is 4.79 Å². The van der Waals surface area contributed by atoms with Crippen molar-refractivity contribution < 1.29 is 14.8 Å². The van der Waals surface area contributed by atoms with Gasteiger partial charge in [-0.2, -0.15) is 5.48 Å². The molecule has 0 saturated carbocycles. The van der Waals surface area contributed by atoms with Crippen molar-refractivity contribution in [2.75, 3.05) is 0 Å². The van der Waals surface area contributed by atoms with Crippen molar-refractivity contribution in [3.63, 3.8) is 0 Å². The molecule has 0 radical (unpaired) electrons. The molecule has 0 aliphatic carbocycles. The molecule has 1 rings (SSSR count). The fourth-order valence-electron chi connectivity index (χ4n) is 6.66. The third kappa shape index (κ3) is 23.3. The zero-order valence-corrected chi connectivity index (χ0v) is 30.7. The summed E-state index contributed by atoms with van der Waals surface area (Å²) in [7, 11) is 0. The van der Waals surface area contributed by atoms with Gasteiger partial charge in [0.05, 0.1) is 6.21 Å². The van der Waals surface area contributed by atoms with E-state index >= 15 is 0 Å². The molecule has 1 aromatic carbocycles. The number of carbonyl (C=O) groups is 1. The first-order valence-corrected chi connectivity index (χ1v) is 19.9. The summed E-state index contributed by atoms with van der Waals surface area (Å²) in [6, 6.07) is 3.85. The van der Waals surface area contributed by atoms with Crippen molar-refractivity contribution in [1.82, 2.24) is 5.48 Å². The topological polar surface area (TPSA) is 70.9 Å². The summed E-state index contributed by atoms with van der Waals surface area (Å²) in [6.07, 6.45) is 41.0. The molecule has 266 valence electrons. The van der Waals surface area contributed by atoms with E-state index in [0.717, 1.165) is 42.6 Å². The molecule has 0 unspecified atom stereocenters. The second-order valence-electron chi connectivity index (χ2n) is 13.8. The molecule has 1 amide bonds. The Morgan fingerprint density at radius 1 is 0.587 bits per heavy atom. The van der Waals surface area contributed by atoms with E-state index in [0.29, 0.717) is 0 Å². The highest BCUT2D eigenvalue weighted by atomic mass is 16.7. The predicted molar refractivity (Wildman–Crippen MR) is 198 cm³/mol. The molecule has 0 saturated heterocycles. The number of hydroxylamine groups is 1. The highest BCUT2D eigenvalue weighted by Crippen LogP contribution is 2.29. The molecular formula is C41H74N2O3. The number of nitrogens with zero attached hydrogens (tertiary/aromatic N) is 1. The normalized spacial score (nSPS) is 11.5. The molecule has 0 fully saturated rings. The van der Waals surface area contributed by atoms with E-state index in [4.69, 9.17) is 4.84 Å². The largest absolute Gasteiger partial charge is 0.411 e. The fraction of sp³-hybridized carbons (Fsp3) is 0.805. The third-order valence-electron chi connectivity index (χ3n) is 9.49. The second kappa shape index (κ2) is 31.6. The van der Waals surface area contributed by atoms with Gasteiger partial charge in [-0.05, 0) is 48.9 Å². The van der Waals surface area contributed by atoms with E-state index in [1.165, 1.54) is 179 Å². The van der Waals surface area contributed by atoms with Gasteiger partial charge in [0, 0.05) is 12.5 Å². The third-order valence-corrected chi connectivity index (χ3v) is 9.49. The number of benzene rings is 1. The summed E-state index contributed by atoms with van der Waals surface area (Å²) in [5.74, 6) is 0.511. The van der Waals surface area contributed by atoms with Gasteiger partial charge in [0.2, 0.25) is 5.91 Å². The van der Waals surface area contributed by atoms with Crippen molar-refractivity contribution in [2.24, 2.45) is 5.16 Å². The van der Waals surface area contributed by atoms with Gasteiger partial charge in [0.1, 0.15) is 0 Å². The van der Waals surface area contributed by atoms with Crippen molar-refractivity contribution in [2.45, 2.75) is 213 Å². The van der Waals surface area contributed by atoms with E-state index in [9.17, 15) is 10.0 Å². The quantitative estimate of drug-likeness (QED) is 0.0347. The van der Waals surface area contributed by atoms with Crippen LogP contribution in [0.3, 0.4) is 0 Å². The van der Waals surface area contributed by atoms with Crippen LogP contribution >= 0.6 is 0 Å².